The lowest BCUT2D eigenvalue weighted by atomic mass is 9.41. The first-order chi connectivity index (χ1) is 14.3. The fraction of sp³-hybridized carbons (Fsp3) is 0.875. The van der Waals surface area contributed by atoms with Gasteiger partial charge in [0.25, 0.3) is 0 Å². The van der Waals surface area contributed by atoms with Gasteiger partial charge >= 0.3 is 5.97 Å². The molecule has 4 saturated carbocycles. The van der Waals surface area contributed by atoms with Crippen LogP contribution in [-0.4, -0.2) is 54.0 Å². The zero-order valence-electron chi connectivity index (χ0n) is 18.0. The van der Waals surface area contributed by atoms with Crippen molar-refractivity contribution in [1.82, 2.24) is 0 Å². The second kappa shape index (κ2) is 6.31. The van der Waals surface area contributed by atoms with Crippen LogP contribution in [0, 0.1) is 34.5 Å². The van der Waals surface area contributed by atoms with Crippen LogP contribution in [0.4, 0.5) is 0 Å². The van der Waals surface area contributed by atoms with E-state index in [1.807, 2.05) is 0 Å². The minimum absolute atomic E-state index is 0.113. The number of aliphatic hydroxyl groups is 2. The molecule has 4 aliphatic carbocycles. The number of carbonyl (C=O) groups excluding carboxylic acids is 1. The van der Waals surface area contributed by atoms with Gasteiger partial charge in [0.1, 0.15) is 6.61 Å². The van der Waals surface area contributed by atoms with Gasteiger partial charge in [0.2, 0.25) is 0 Å². The van der Waals surface area contributed by atoms with Gasteiger partial charge in [-0.2, -0.15) is 0 Å². The quantitative estimate of drug-likeness (QED) is 0.671. The Morgan fingerprint density at radius 1 is 1.17 bits per heavy atom. The molecule has 0 radical (unpaired) electrons. The third-order valence-electron chi connectivity index (χ3n) is 10.5. The van der Waals surface area contributed by atoms with Crippen molar-refractivity contribution in [3.63, 3.8) is 0 Å². The fourth-order valence-corrected chi connectivity index (χ4v) is 9.24. The highest BCUT2D eigenvalue weighted by molar-refractivity contribution is 5.85. The predicted molar refractivity (Wildman–Crippen MR) is 107 cm³/mol. The number of fused-ring (bicyclic) bond motifs is 5. The minimum atomic E-state index is -0.760. The first kappa shape index (κ1) is 19.7. The summed E-state index contributed by atoms with van der Waals surface area (Å²) in [6, 6.07) is 0. The van der Waals surface area contributed by atoms with E-state index >= 15 is 0 Å². The standard InChI is InChI=1S/C24H34O6/c1-22-7-5-16-17(24(22,27)8-6-15(22)13-9-20(26)29-12-13)4-3-14-10-19-18(25)11-23(14,16)21(28-2)30-19/h9,14-19,21,25,27H,3-8,10-12H2,1-2H3/t14-,15+,16-,17+,18+,19+,21?,22+,23+,24-/m0/s1. The first-order valence-electron chi connectivity index (χ1n) is 11.8. The topological polar surface area (TPSA) is 85.2 Å². The Bertz CT molecular complexity index is 785. The Labute approximate surface area is 177 Å². The third-order valence-corrected chi connectivity index (χ3v) is 10.5. The summed E-state index contributed by atoms with van der Waals surface area (Å²) < 4.78 is 17.3. The molecule has 30 heavy (non-hydrogen) atoms. The van der Waals surface area contributed by atoms with Crippen LogP contribution in [0.1, 0.15) is 58.3 Å². The normalized spacial score (nSPS) is 56.7. The molecule has 1 unspecified atom stereocenters. The zero-order chi connectivity index (χ0) is 20.9. The van der Waals surface area contributed by atoms with Gasteiger partial charge in [-0.05, 0) is 80.6 Å². The van der Waals surface area contributed by atoms with E-state index in [1.54, 1.807) is 13.2 Å². The second-order valence-corrected chi connectivity index (χ2v) is 11.1. The van der Waals surface area contributed by atoms with Gasteiger partial charge < -0.3 is 24.4 Å². The second-order valence-electron chi connectivity index (χ2n) is 11.1. The van der Waals surface area contributed by atoms with E-state index in [2.05, 4.69) is 6.92 Å². The maximum atomic E-state index is 12.3. The van der Waals surface area contributed by atoms with Crippen LogP contribution in [-0.2, 0) is 19.0 Å². The lowest BCUT2D eigenvalue weighted by Gasteiger charge is -2.68. The van der Waals surface area contributed by atoms with Crippen molar-refractivity contribution in [2.24, 2.45) is 34.5 Å². The van der Waals surface area contributed by atoms with Crippen molar-refractivity contribution in [2.75, 3.05) is 13.7 Å². The van der Waals surface area contributed by atoms with Gasteiger partial charge in [0.15, 0.2) is 6.29 Å². The number of hydrogen-bond donors (Lipinski definition) is 2. The van der Waals surface area contributed by atoms with Gasteiger partial charge in [-0.3, -0.25) is 0 Å². The SMILES string of the molecule is COC1O[C@@H]2C[C@@H]3CC[C@@H]4[C@H](CC[C@]5(C)[C@@H](C6=CC(=O)OC6)CC[C@]45O)[C@]13C[C@H]2O. The summed E-state index contributed by atoms with van der Waals surface area (Å²) in [4.78, 5) is 11.7. The van der Waals surface area contributed by atoms with Crippen molar-refractivity contribution in [1.29, 1.82) is 0 Å². The van der Waals surface area contributed by atoms with Crippen molar-refractivity contribution in [3.8, 4) is 0 Å². The lowest BCUT2D eigenvalue weighted by Crippen LogP contribution is -2.70. The van der Waals surface area contributed by atoms with Crippen LogP contribution in [0.5, 0.6) is 0 Å². The van der Waals surface area contributed by atoms with Crippen molar-refractivity contribution in [3.05, 3.63) is 11.6 Å². The molecule has 166 valence electrons. The van der Waals surface area contributed by atoms with Gasteiger partial charge in [-0.15, -0.1) is 0 Å². The Morgan fingerprint density at radius 2 is 2.00 bits per heavy atom. The number of rotatable bonds is 2. The van der Waals surface area contributed by atoms with Gasteiger partial charge in [-0.1, -0.05) is 6.92 Å². The van der Waals surface area contributed by atoms with E-state index in [-0.39, 0.29) is 41.0 Å². The average Bonchev–Trinajstić information content (AvgIpc) is 3.27. The molecule has 0 aromatic carbocycles. The molecule has 6 fully saturated rings. The maximum absolute atomic E-state index is 12.3. The van der Waals surface area contributed by atoms with E-state index in [0.29, 0.717) is 18.4 Å². The van der Waals surface area contributed by atoms with E-state index in [9.17, 15) is 15.0 Å². The van der Waals surface area contributed by atoms with Crippen LogP contribution in [0.25, 0.3) is 0 Å². The molecule has 1 spiro atoms. The molecule has 10 atom stereocenters. The number of ether oxygens (including phenoxy) is 3. The van der Waals surface area contributed by atoms with Crippen molar-refractivity contribution >= 4 is 5.97 Å². The van der Waals surface area contributed by atoms with Gasteiger partial charge in [-0.25, -0.2) is 4.79 Å². The Morgan fingerprint density at radius 3 is 2.73 bits per heavy atom. The maximum Gasteiger partial charge on any atom is 0.331 e. The van der Waals surface area contributed by atoms with Crippen molar-refractivity contribution in [2.45, 2.75) is 82.4 Å². The lowest BCUT2D eigenvalue weighted by molar-refractivity contribution is -0.361. The molecule has 3 heterocycles. The molecule has 0 aromatic heterocycles. The molecule has 6 heteroatoms. The Kier molecular flexibility index (Phi) is 4.14. The summed E-state index contributed by atoms with van der Waals surface area (Å²) in [5.74, 6) is 0.931. The van der Waals surface area contributed by atoms with E-state index < -0.39 is 11.7 Å². The molecule has 6 nitrogen and oxygen atoms in total. The molecule has 0 amide bonds. The first-order valence-corrected chi connectivity index (χ1v) is 11.8. The van der Waals surface area contributed by atoms with Gasteiger partial charge in [0, 0.05) is 24.0 Å². The molecule has 2 N–H and O–H groups in total. The summed E-state index contributed by atoms with van der Waals surface area (Å²) in [6.07, 6.45) is 8.18. The Balaban J connectivity index is 1.38. The molecule has 2 saturated heterocycles. The number of cyclic esters (lactones) is 1. The summed E-state index contributed by atoms with van der Waals surface area (Å²) in [6.45, 7) is 2.62. The van der Waals surface area contributed by atoms with Crippen LogP contribution in [0.2, 0.25) is 0 Å². The number of hydrogen-bond acceptors (Lipinski definition) is 6. The van der Waals surface area contributed by atoms with Crippen molar-refractivity contribution < 1.29 is 29.2 Å². The predicted octanol–water partition coefficient (Wildman–Crippen LogP) is 2.57. The Hall–Kier alpha value is -0.950. The van der Waals surface area contributed by atoms with E-state index in [0.717, 1.165) is 56.9 Å². The van der Waals surface area contributed by atoms with Crippen LogP contribution >= 0.6 is 0 Å². The highest BCUT2D eigenvalue weighted by Gasteiger charge is 2.72. The largest absolute Gasteiger partial charge is 0.458 e. The molecular formula is C24H34O6. The fourth-order valence-electron chi connectivity index (χ4n) is 9.24. The zero-order valence-corrected chi connectivity index (χ0v) is 18.0. The number of esters is 1. The molecule has 7 rings (SSSR count). The number of methoxy groups -OCH3 is 1. The summed E-state index contributed by atoms with van der Waals surface area (Å²) >= 11 is 0. The summed E-state index contributed by atoms with van der Waals surface area (Å²) in [5.41, 5.74) is -0.141. The van der Waals surface area contributed by atoms with Gasteiger partial charge in [0.05, 0.1) is 17.8 Å². The number of aliphatic hydroxyl groups excluding tert-OH is 1. The summed E-state index contributed by atoms with van der Waals surface area (Å²) in [5, 5.41) is 23.1. The molecular weight excluding hydrogens is 384 g/mol. The van der Waals surface area contributed by atoms with E-state index in [4.69, 9.17) is 14.2 Å². The average molecular weight is 419 g/mol. The third kappa shape index (κ3) is 2.21. The molecule has 0 aromatic rings. The summed E-state index contributed by atoms with van der Waals surface area (Å²) in [7, 11) is 1.73. The van der Waals surface area contributed by atoms with Crippen LogP contribution in [0.15, 0.2) is 11.6 Å². The minimum Gasteiger partial charge on any atom is -0.458 e. The monoisotopic (exact) mass is 418 g/mol. The van der Waals surface area contributed by atoms with Crippen LogP contribution < -0.4 is 0 Å². The smallest absolute Gasteiger partial charge is 0.331 e. The molecule has 2 bridgehead atoms. The highest BCUT2D eigenvalue weighted by atomic mass is 16.7. The van der Waals surface area contributed by atoms with E-state index in [1.165, 1.54) is 0 Å². The molecule has 7 aliphatic rings. The highest BCUT2D eigenvalue weighted by Crippen LogP contribution is 2.72. The molecule has 3 aliphatic heterocycles. The van der Waals surface area contributed by atoms with Crippen LogP contribution in [0.3, 0.4) is 0 Å². The number of carbonyl (C=O) groups is 1.